The van der Waals surface area contributed by atoms with Crippen molar-refractivity contribution in [2.45, 2.75) is 24.9 Å². The second-order valence-corrected chi connectivity index (χ2v) is 6.02. The van der Waals surface area contributed by atoms with Crippen LogP contribution in [0, 0.1) is 0 Å². The highest BCUT2D eigenvalue weighted by molar-refractivity contribution is 7.98. The molecule has 0 aromatic carbocycles. The highest BCUT2D eigenvalue weighted by atomic mass is 32.2. The number of hydrogen-bond donors (Lipinski definition) is 6. The predicted octanol–water partition coefficient (Wildman–Crippen LogP) is -0.667. The van der Waals surface area contributed by atoms with Gasteiger partial charge in [0, 0.05) is 0 Å². The van der Waals surface area contributed by atoms with Gasteiger partial charge in [-0.25, -0.2) is 0 Å². The van der Waals surface area contributed by atoms with Crippen molar-refractivity contribution >= 4 is 41.4 Å². The molecule has 0 heterocycles. The van der Waals surface area contributed by atoms with Gasteiger partial charge in [-0.05, 0) is 36.9 Å². The lowest BCUT2D eigenvalue weighted by molar-refractivity contribution is -0.139. The maximum Gasteiger partial charge on any atom is 0.320 e. The molecule has 0 rings (SSSR count). The molecule has 11 heteroatoms. The summed E-state index contributed by atoms with van der Waals surface area (Å²) in [5.74, 6) is -1.17. The van der Waals surface area contributed by atoms with Gasteiger partial charge in [-0.1, -0.05) is 0 Å². The monoisotopic (exact) mass is 373 g/mol. The van der Waals surface area contributed by atoms with E-state index in [4.69, 9.17) is 26.8 Å². The Kier molecular flexibility index (Phi) is 22.2. The van der Waals surface area contributed by atoms with Gasteiger partial charge in [0.15, 0.2) is 0 Å². The lowest BCUT2D eigenvalue weighted by atomic mass is 10.2. The average molecular weight is 373 g/mol. The van der Waals surface area contributed by atoms with Crippen molar-refractivity contribution in [2.75, 3.05) is 30.6 Å². The van der Waals surface area contributed by atoms with E-state index < -0.39 is 30.0 Å². The van der Waals surface area contributed by atoms with Gasteiger partial charge in [0.2, 0.25) is 0 Å². The van der Waals surface area contributed by atoms with E-state index in [0.29, 0.717) is 12.8 Å². The third-order valence-electron chi connectivity index (χ3n) is 2.07. The maximum atomic E-state index is 10.1. The third-order valence-corrected chi connectivity index (χ3v) is 3.36. The molecule has 0 spiro atoms. The van der Waals surface area contributed by atoms with Crippen LogP contribution >= 0.6 is 23.5 Å². The van der Waals surface area contributed by atoms with Gasteiger partial charge in [0.05, 0.1) is 6.54 Å². The Morgan fingerprint density at radius 3 is 1.26 bits per heavy atom. The fourth-order valence-electron chi connectivity index (χ4n) is 0.737. The molecule has 2 unspecified atom stereocenters. The zero-order valence-electron chi connectivity index (χ0n) is 13.3. The topological polar surface area (TPSA) is 190 Å². The van der Waals surface area contributed by atoms with Crippen molar-refractivity contribution < 1.29 is 29.7 Å². The van der Waals surface area contributed by atoms with Crippen LogP contribution in [0.2, 0.25) is 0 Å². The van der Waals surface area contributed by atoms with Crippen LogP contribution in [0.25, 0.3) is 0 Å². The zero-order chi connectivity index (χ0) is 18.8. The summed E-state index contributed by atoms with van der Waals surface area (Å²) in [5, 5.41) is 24.1. The van der Waals surface area contributed by atoms with Gasteiger partial charge in [0.1, 0.15) is 12.1 Å². The normalized spacial score (nSPS) is 11.9. The van der Waals surface area contributed by atoms with Crippen molar-refractivity contribution in [2.24, 2.45) is 17.2 Å². The summed E-state index contributed by atoms with van der Waals surface area (Å²) >= 11 is 3.21. The first-order valence-electron chi connectivity index (χ1n) is 6.50. The third kappa shape index (κ3) is 26.2. The molecule has 0 aliphatic carbocycles. The molecular weight excluding hydrogens is 346 g/mol. The molecule has 0 radical (unpaired) electrons. The second kappa shape index (κ2) is 19.0. The molecule has 0 aromatic rings. The largest absolute Gasteiger partial charge is 0.480 e. The summed E-state index contributed by atoms with van der Waals surface area (Å²) < 4.78 is 0. The highest BCUT2D eigenvalue weighted by Gasteiger charge is 2.09. The Hall–Kier alpha value is -1.01. The van der Waals surface area contributed by atoms with E-state index in [2.05, 4.69) is 5.73 Å². The number of carbonyl (C=O) groups is 3. The predicted molar refractivity (Wildman–Crippen MR) is 93.9 cm³/mol. The Morgan fingerprint density at radius 1 is 0.870 bits per heavy atom. The van der Waals surface area contributed by atoms with Gasteiger partial charge in [-0.15, -0.1) is 0 Å². The first-order chi connectivity index (χ1) is 10.6. The van der Waals surface area contributed by atoms with Crippen LogP contribution < -0.4 is 17.2 Å². The Morgan fingerprint density at radius 2 is 1.13 bits per heavy atom. The minimum Gasteiger partial charge on any atom is -0.480 e. The molecule has 0 amide bonds. The number of rotatable bonds is 9. The summed E-state index contributed by atoms with van der Waals surface area (Å²) in [4.78, 5) is 29.4. The van der Waals surface area contributed by atoms with Crippen molar-refractivity contribution in [3.05, 3.63) is 0 Å². The van der Waals surface area contributed by atoms with Crippen LogP contribution in [0.1, 0.15) is 12.8 Å². The van der Waals surface area contributed by atoms with Crippen LogP contribution in [0.4, 0.5) is 0 Å². The molecular formula is C12H27N3O6S2. The van der Waals surface area contributed by atoms with Gasteiger partial charge in [-0.2, -0.15) is 23.5 Å². The Balaban J connectivity index is -0.000000273. The number of nitrogens with two attached hydrogens (primary N) is 3. The first kappa shape index (κ1) is 26.9. The van der Waals surface area contributed by atoms with Gasteiger partial charge in [0.25, 0.3) is 0 Å². The number of aliphatic carboxylic acids is 3. The quantitative estimate of drug-likeness (QED) is 0.300. The Bertz CT molecular complexity index is 310. The molecule has 138 valence electrons. The molecule has 0 aromatic heterocycles. The maximum absolute atomic E-state index is 10.1. The van der Waals surface area contributed by atoms with Crippen LogP contribution in [-0.4, -0.2) is 75.9 Å². The van der Waals surface area contributed by atoms with Crippen LogP contribution in [0.3, 0.4) is 0 Å². The van der Waals surface area contributed by atoms with E-state index in [-0.39, 0.29) is 6.54 Å². The molecule has 2 atom stereocenters. The number of carboxylic acids is 3. The molecule has 0 aliphatic rings. The van der Waals surface area contributed by atoms with E-state index in [1.165, 1.54) is 0 Å². The molecule has 0 saturated carbocycles. The van der Waals surface area contributed by atoms with Crippen molar-refractivity contribution in [1.82, 2.24) is 0 Å². The molecule has 0 saturated heterocycles. The van der Waals surface area contributed by atoms with E-state index in [1.54, 1.807) is 23.5 Å². The van der Waals surface area contributed by atoms with E-state index in [1.807, 2.05) is 12.5 Å². The van der Waals surface area contributed by atoms with Crippen LogP contribution in [-0.2, 0) is 14.4 Å². The van der Waals surface area contributed by atoms with Crippen LogP contribution in [0.5, 0.6) is 0 Å². The van der Waals surface area contributed by atoms with Crippen molar-refractivity contribution in [1.29, 1.82) is 0 Å². The van der Waals surface area contributed by atoms with Gasteiger partial charge >= 0.3 is 17.9 Å². The highest BCUT2D eigenvalue weighted by Crippen LogP contribution is 1.98. The van der Waals surface area contributed by atoms with E-state index in [9.17, 15) is 14.4 Å². The summed E-state index contributed by atoms with van der Waals surface area (Å²) in [6, 6.07) is -1.37. The average Bonchev–Trinajstić information content (AvgIpc) is 2.50. The SMILES string of the molecule is CSCCC(N)C(=O)O.CSCCC(N)C(=O)O.NCC(=O)O. The fraction of sp³-hybridized carbons (Fsp3) is 0.750. The molecule has 0 bridgehead atoms. The van der Waals surface area contributed by atoms with Crippen molar-refractivity contribution in [3.63, 3.8) is 0 Å². The molecule has 0 aliphatic heterocycles. The van der Waals surface area contributed by atoms with Crippen LogP contribution in [0.15, 0.2) is 0 Å². The van der Waals surface area contributed by atoms with E-state index >= 15 is 0 Å². The van der Waals surface area contributed by atoms with Crippen molar-refractivity contribution in [3.8, 4) is 0 Å². The summed E-state index contributed by atoms with van der Waals surface area (Å²) in [5.41, 5.74) is 15.0. The zero-order valence-corrected chi connectivity index (χ0v) is 14.9. The number of carboxylic acid groups (broad SMARTS) is 3. The molecule has 0 fully saturated rings. The second-order valence-electron chi connectivity index (χ2n) is 4.05. The summed E-state index contributed by atoms with van der Waals surface area (Å²) in [6.45, 7) is -0.278. The molecule has 9 nitrogen and oxygen atoms in total. The van der Waals surface area contributed by atoms with Gasteiger partial charge < -0.3 is 32.5 Å². The standard InChI is InChI=1S/2C5H11NO2S.C2H5NO2/c2*1-9-3-2-4(6)5(7)8;3-1-2(4)5/h2*4H,2-3,6H2,1H3,(H,7,8);1,3H2,(H,4,5). The van der Waals surface area contributed by atoms with E-state index in [0.717, 1.165) is 11.5 Å². The molecule has 23 heavy (non-hydrogen) atoms. The minimum atomic E-state index is -0.968. The fourth-order valence-corrected chi connectivity index (χ4v) is 1.72. The smallest absolute Gasteiger partial charge is 0.320 e. The first-order valence-corrected chi connectivity index (χ1v) is 9.29. The number of hydrogen-bond acceptors (Lipinski definition) is 8. The lowest BCUT2D eigenvalue weighted by Gasteiger charge is -2.02. The summed E-state index contributed by atoms with van der Waals surface area (Å²) in [6.07, 6.45) is 4.95. The van der Waals surface area contributed by atoms with Gasteiger partial charge in [-0.3, -0.25) is 14.4 Å². The lowest BCUT2D eigenvalue weighted by Crippen LogP contribution is -2.30. The number of thioether (sulfide) groups is 2. The summed E-state index contributed by atoms with van der Waals surface area (Å²) in [7, 11) is 0. The minimum absolute atomic E-state index is 0.278. The molecule has 9 N–H and O–H groups in total. The Labute approximate surface area is 144 Å².